The number of morpholine rings is 1. The van der Waals surface area contributed by atoms with Crippen molar-refractivity contribution in [2.75, 3.05) is 32.7 Å². The molecule has 0 spiro atoms. The van der Waals surface area contributed by atoms with Crippen molar-refractivity contribution >= 4 is 5.91 Å². The average Bonchev–Trinajstić information content (AvgIpc) is 3.21. The normalized spacial score (nSPS) is 23.3. The van der Waals surface area contributed by atoms with Gasteiger partial charge in [0, 0.05) is 51.1 Å². The van der Waals surface area contributed by atoms with Crippen LogP contribution in [0.15, 0.2) is 34.9 Å². The van der Waals surface area contributed by atoms with Gasteiger partial charge in [0.05, 0.1) is 18.4 Å². The summed E-state index contributed by atoms with van der Waals surface area (Å²) in [5.41, 5.74) is 2.23. The maximum Gasteiger partial charge on any atom is 0.223 e. The van der Waals surface area contributed by atoms with Crippen molar-refractivity contribution in [3.63, 3.8) is 0 Å². The summed E-state index contributed by atoms with van der Waals surface area (Å²) in [5.74, 6) is 2.27. The maximum atomic E-state index is 12.7. The van der Waals surface area contributed by atoms with Crippen molar-refractivity contribution < 1.29 is 13.9 Å². The van der Waals surface area contributed by atoms with Gasteiger partial charge >= 0.3 is 0 Å². The SMILES string of the molecule is Cc1ccc(-c2cnc(CCC(=O)N3CCC(CN4CC(C)OC(C)C4)CC3)o2)cc1. The minimum Gasteiger partial charge on any atom is -0.441 e. The van der Waals surface area contributed by atoms with Gasteiger partial charge in [-0.3, -0.25) is 9.69 Å². The molecule has 31 heavy (non-hydrogen) atoms. The molecule has 2 aromatic rings. The number of piperidine rings is 1. The van der Waals surface area contributed by atoms with Crippen molar-refractivity contribution in [2.24, 2.45) is 5.92 Å². The van der Waals surface area contributed by atoms with E-state index in [-0.39, 0.29) is 5.91 Å². The maximum absolute atomic E-state index is 12.7. The van der Waals surface area contributed by atoms with Gasteiger partial charge < -0.3 is 14.1 Å². The highest BCUT2D eigenvalue weighted by atomic mass is 16.5. The Bertz CT molecular complexity index is 845. The fraction of sp³-hybridized carbons (Fsp3) is 0.600. The number of benzene rings is 1. The Kier molecular flexibility index (Phi) is 7.08. The molecule has 0 bridgehead atoms. The zero-order chi connectivity index (χ0) is 21.8. The van der Waals surface area contributed by atoms with E-state index in [1.54, 1.807) is 6.20 Å². The predicted octanol–water partition coefficient (Wildman–Crippen LogP) is 3.93. The van der Waals surface area contributed by atoms with Crippen LogP contribution in [0, 0.1) is 12.8 Å². The molecule has 1 aromatic carbocycles. The van der Waals surface area contributed by atoms with Gasteiger partial charge in [-0.05, 0) is 39.5 Å². The number of hydrogen-bond donors (Lipinski definition) is 0. The van der Waals surface area contributed by atoms with Gasteiger partial charge in [-0.15, -0.1) is 0 Å². The number of aromatic nitrogens is 1. The van der Waals surface area contributed by atoms with Crippen LogP contribution >= 0.6 is 0 Å². The number of likely N-dealkylation sites (tertiary alicyclic amines) is 1. The summed E-state index contributed by atoms with van der Waals surface area (Å²) in [7, 11) is 0. The van der Waals surface area contributed by atoms with Crippen molar-refractivity contribution in [1.82, 2.24) is 14.8 Å². The second-order valence-electron chi connectivity index (χ2n) is 9.28. The number of carbonyl (C=O) groups excluding carboxylic acids is 1. The fourth-order valence-electron chi connectivity index (χ4n) is 4.81. The molecule has 0 N–H and O–H groups in total. The third-order valence-electron chi connectivity index (χ3n) is 6.42. The second kappa shape index (κ2) is 9.96. The number of ether oxygens (including phenoxy) is 1. The molecule has 6 nitrogen and oxygen atoms in total. The Balaban J connectivity index is 1.20. The Morgan fingerprint density at radius 2 is 1.77 bits per heavy atom. The number of oxazole rings is 1. The molecule has 2 saturated heterocycles. The molecular formula is C25H35N3O3. The smallest absolute Gasteiger partial charge is 0.223 e. The number of aryl methyl sites for hydroxylation is 2. The van der Waals surface area contributed by atoms with Crippen LogP contribution in [0.3, 0.4) is 0 Å². The number of rotatable bonds is 6. The molecule has 168 valence electrons. The first-order chi connectivity index (χ1) is 15.0. The lowest BCUT2D eigenvalue weighted by Crippen LogP contribution is -2.48. The molecule has 6 heteroatoms. The van der Waals surface area contributed by atoms with Gasteiger partial charge in [0.15, 0.2) is 11.7 Å². The number of hydrogen-bond acceptors (Lipinski definition) is 5. The Labute approximate surface area is 185 Å². The summed E-state index contributed by atoms with van der Waals surface area (Å²) < 4.78 is 11.7. The summed E-state index contributed by atoms with van der Waals surface area (Å²) in [6.45, 7) is 11.3. The third-order valence-corrected chi connectivity index (χ3v) is 6.42. The largest absolute Gasteiger partial charge is 0.441 e. The van der Waals surface area contributed by atoms with Gasteiger partial charge in [0.2, 0.25) is 5.91 Å². The minimum atomic E-state index is 0.210. The third kappa shape index (κ3) is 5.95. The van der Waals surface area contributed by atoms with Crippen LogP contribution in [-0.4, -0.2) is 65.6 Å². The lowest BCUT2D eigenvalue weighted by Gasteiger charge is -2.39. The molecule has 1 amide bonds. The van der Waals surface area contributed by atoms with E-state index in [2.05, 4.69) is 42.8 Å². The van der Waals surface area contributed by atoms with E-state index in [0.29, 0.717) is 36.9 Å². The molecule has 1 aromatic heterocycles. The Morgan fingerprint density at radius 3 is 2.45 bits per heavy atom. The first-order valence-corrected chi connectivity index (χ1v) is 11.6. The molecule has 0 aliphatic carbocycles. The quantitative estimate of drug-likeness (QED) is 0.702. The van der Waals surface area contributed by atoms with Crippen LogP contribution in [0.2, 0.25) is 0 Å². The first-order valence-electron chi connectivity index (χ1n) is 11.6. The number of nitrogens with zero attached hydrogens (tertiary/aromatic N) is 3. The summed E-state index contributed by atoms with van der Waals surface area (Å²) >= 11 is 0. The molecule has 2 aliphatic heterocycles. The van der Waals surface area contributed by atoms with Gasteiger partial charge in [-0.25, -0.2) is 4.98 Å². The molecule has 4 rings (SSSR count). The lowest BCUT2D eigenvalue weighted by molar-refractivity contribution is -0.132. The summed E-state index contributed by atoms with van der Waals surface area (Å²) in [6, 6.07) is 8.19. The van der Waals surface area contributed by atoms with E-state index in [9.17, 15) is 4.79 Å². The highest BCUT2D eigenvalue weighted by Crippen LogP contribution is 2.23. The molecule has 3 heterocycles. The molecule has 2 atom stereocenters. The van der Waals surface area contributed by atoms with Crippen LogP contribution in [0.25, 0.3) is 11.3 Å². The molecule has 2 unspecified atom stereocenters. The first kappa shape index (κ1) is 22.0. The summed E-state index contributed by atoms with van der Waals surface area (Å²) in [6.07, 6.45) is 5.55. The van der Waals surface area contributed by atoms with Crippen molar-refractivity contribution in [3.05, 3.63) is 41.9 Å². The lowest BCUT2D eigenvalue weighted by atomic mass is 9.95. The Hall–Kier alpha value is -2.18. The van der Waals surface area contributed by atoms with E-state index in [1.165, 1.54) is 5.56 Å². The van der Waals surface area contributed by atoms with Gasteiger partial charge in [0.25, 0.3) is 0 Å². The topological polar surface area (TPSA) is 58.8 Å². The van der Waals surface area contributed by atoms with E-state index in [1.807, 2.05) is 17.0 Å². The van der Waals surface area contributed by atoms with E-state index in [4.69, 9.17) is 9.15 Å². The predicted molar refractivity (Wildman–Crippen MR) is 121 cm³/mol. The fourth-order valence-corrected chi connectivity index (χ4v) is 4.81. The molecule has 0 radical (unpaired) electrons. The minimum absolute atomic E-state index is 0.210. The van der Waals surface area contributed by atoms with E-state index >= 15 is 0 Å². The summed E-state index contributed by atoms with van der Waals surface area (Å²) in [4.78, 5) is 21.6. The van der Waals surface area contributed by atoms with Gasteiger partial charge in [-0.1, -0.05) is 29.8 Å². The van der Waals surface area contributed by atoms with E-state index in [0.717, 1.165) is 56.9 Å². The van der Waals surface area contributed by atoms with Crippen LogP contribution in [0.1, 0.15) is 44.6 Å². The zero-order valence-electron chi connectivity index (χ0n) is 19.0. The molecule has 2 fully saturated rings. The van der Waals surface area contributed by atoms with Gasteiger partial charge in [0.1, 0.15) is 0 Å². The van der Waals surface area contributed by atoms with Crippen molar-refractivity contribution in [1.29, 1.82) is 0 Å². The standard InChI is InChI=1S/C25H35N3O3/c1-18-4-6-22(7-5-18)23-14-26-24(31-23)8-9-25(29)28-12-10-21(11-13-28)17-27-15-19(2)30-20(3)16-27/h4-7,14,19-21H,8-13,15-17H2,1-3H3. The molecular weight excluding hydrogens is 390 g/mol. The number of carbonyl (C=O) groups is 1. The van der Waals surface area contributed by atoms with Crippen LogP contribution in [-0.2, 0) is 16.0 Å². The zero-order valence-corrected chi connectivity index (χ0v) is 19.0. The second-order valence-corrected chi connectivity index (χ2v) is 9.28. The highest BCUT2D eigenvalue weighted by molar-refractivity contribution is 5.76. The molecule has 0 saturated carbocycles. The van der Waals surface area contributed by atoms with Crippen LogP contribution < -0.4 is 0 Å². The Morgan fingerprint density at radius 1 is 1.10 bits per heavy atom. The highest BCUT2D eigenvalue weighted by Gasteiger charge is 2.28. The summed E-state index contributed by atoms with van der Waals surface area (Å²) in [5, 5.41) is 0. The monoisotopic (exact) mass is 425 g/mol. The van der Waals surface area contributed by atoms with Crippen LogP contribution in [0.5, 0.6) is 0 Å². The van der Waals surface area contributed by atoms with E-state index < -0.39 is 0 Å². The van der Waals surface area contributed by atoms with Crippen molar-refractivity contribution in [3.8, 4) is 11.3 Å². The average molecular weight is 426 g/mol. The molecule has 2 aliphatic rings. The van der Waals surface area contributed by atoms with Crippen LogP contribution in [0.4, 0.5) is 0 Å². The number of amides is 1. The van der Waals surface area contributed by atoms with Gasteiger partial charge in [-0.2, -0.15) is 0 Å². The van der Waals surface area contributed by atoms with Crippen molar-refractivity contribution in [2.45, 2.75) is 58.7 Å².